The second kappa shape index (κ2) is 8.92. The summed E-state index contributed by atoms with van der Waals surface area (Å²) in [4.78, 5) is 29.1. The van der Waals surface area contributed by atoms with Gasteiger partial charge < -0.3 is 15.0 Å². The fraction of sp³-hybridized carbons (Fsp3) is 0.200. The summed E-state index contributed by atoms with van der Waals surface area (Å²) in [5.41, 5.74) is 5.09. The van der Waals surface area contributed by atoms with Gasteiger partial charge in [-0.2, -0.15) is 0 Å². The van der Waals surface area contributed by atoms with Gasteiger partial charge in [-0.25, -0.2) is 9.59 Å². The van der Waals surface area contributed by atoms with E-state index in [0.717, 1.165) is 28.2 Å². The van der Waals surface area contributed by atoms with Gasteiger partial charge >= 0.3 is 12.0 Å². The van der Waals surface area contributed by atoms with Gasteiger partial charge in [0, 0.05) is 25.3 Å². The summed E-state index contributed by atoms with van der Waals surface area (Å²) in [5, 5.41) is 2.97. The number of carbonyl (C=O) groups excluding carboxylic acids is 2. The molecule has 3 aromatic rings. The van der Waals surface area contributed by atoms with E-state index in [9.17, 15) is 9.59 Å². The molecule has 1 N–H and O–H groups in total. The van der Waals surface area contributed by atoms with Gasteiger partial charge in [-0.15, -0.1) is 0 Å². The molecule has 31 heavy (non-hydrogen) atoms. The van der Waals surface area contributed by atoms with Crippen molar-refractivity contribution in [2.75, 3.05) is 35.3 Å². The van der Waals surface area contributed by atoms with Crippen LogP contribution in [0.1, 0.15) is 21.5 Å². The number of fused-ring (bicyclic) bond motifs is 1. The number of carbonyl (C=O) groups is 2. The molecule has 3 aromatic carbocycles. The number of hydrogen-bond donors (Lipinski definition) is 1. The molecule has 0 radical (unpaired) electrons. The van der Waals surface area contributed by atoms with Crippen LogP contribution < -0.4 is 15.1 Å². The SMILES string of the molecule is COC(=O)c1ccc2c(c1)N(Cc1ccccc1)CCN2C(=O)Nc1ccc(C)cc1. The molecule has 0 aliphatic carbocycles. The maximum Gasteiger partial charge on any atom is 0.337 e. The lowest BCUT2D eigenvalue weighted by molar-refractivity contribution is 0.0601. The molecule has 1 aliphatic rings. The fourth-order valence-electron chi connectivity index (χ4n) is 3.72. The van der Waals surface area contributed by atoms with E-state index >= 15 is 0 Å². The van der Waals surface area contributed by atoms with Gasteiger partial charge in [-0.1, -0.05) is 48.0 Å². The van der Waals surface area contributed by atoms with E-state index in [4.69, 9.17) is 4.74 Å². The highest BCUT2D eigenvalue weighted by molar-refractivity contribution is 6.05. The Labute approximate surface area is 182 Å². The van der Waals surface area contributed by atoms with Crippen LogP contribution in [0.3, 0.4) is 0 Å². The summed E-state index contributed by atoms with van der Waals surface area (Å²) in [6.07, 6.45) is 0. The van der Waals surface area contributed by atoms with E-state index in [1.165, 1.54) is 7.11 Å². The summed E-state index contributed by atoms with van der Waals surface area (Å²) >= 11 is 0. The third-order valence-corrected chi connectivity index (χ3v) is 5.39. The van der Waals surface area contributed by atoms with Crippen molar-refractivity contribution in [3.8, 4) is 0 Å². The van der Waals surface area contributed by atoms with Gasteiger partial charge in [0.15, 0.2) is 0 Å². The van der Waals surface area contributed by atoms with Crippen LogP contribution in [0.15, 0.2) is 72.8 Å². The maximum atomic E-state index is 13.1. The topological polar surface area (TPSA) is 61.9 Å². The Morgan fingerprint density at radius 3 is 2.39 bits per heavy atom. The fourth-order valence-corrected chi connectivity index (χ4v) is 3.72. The van der Waals surface area contributed by atoms with Crippen LogP contribution >= 0.6 is 0 Å². The number of rotatable bonds is 4. The van der Waals surface area contributed by atoms with Gasteiger partial charge in [-0.3, -0.25) is 4.90 Å². The molecular formula is C25H25N3O3. The number of benzene rings is 3. The molecule has 0 atom stereocenters. The lowest BCUT2D eigenvalue weighted by Crippen LogP contribution is -2.45. The van der Waals surface area contributed by atoms with Gasteiger partial charge in [0.2, 0.25) is 0 Å². The quantitative estimate of drug-likeness (QED) is 0.620. The van der Waals surface area contributed by atoms with Crippen molar-refractivity contribution in [1.82, 2.24) is 0 Å². The monoisotopic (exact) mass is 415 g/mol. The van der Waals surface area contributed by atoms with Crippen LogP contribution in [-0.4, -0.2) is 32.2 Å². The number of nitrogens with one attached hydrogen (secondary N) is 1. The number of urea groups is 1. The summed E-state index contributed by atoms with van der Waals surface area (Å²) in [7, 11) is 1.37. The van der Waals surface area contributed by atoms with E-state index in [1.54, 1.807) is 17.0 Å². The van der Waals surface area contributed by atoms with Crippen LogP contribution in [0.5, 0.6) is 0 Å². The summed E-state index contributed by atoms with van der Waals surface area (Å²) in [6.45, 7) is 3.88. The largest absolute Gasteiger partial charge is 0.465 e. The Morgan fingerprint density at radius 1 is 0.935 bits per heavy atom. The van der Waals surface area contributed by atoms with E-state index < -0.39 is 5.97 Å². The first kappa shape index (κ1) is 20.5. The van der Waals surface area contributed by atoms with Crippen LogP contribution in [-0.2, 0) is 11.3 Å². The Hall–Kier alpha value is -3.80. The smallest absolute Gasteiger partial charge is 0.337 e. The molecule has 0 bridgehead atoms. The third-order valence-electron chi connectivity index (χ3n) is 5.39. The molecular weight excluding hydrogens is 390 g/mol. The zero-order valence-corrected chi connectivity index (χ0v) is 17.7. The summed E-state index contributed by atoms with van der Waals surface area (Å²) < 4.78 is 4.89. The Morgan fingerprint density at radius 2 is 1.68 bits per heavy atom. The van der Waals surface area contributed by atoms with Crippen molar-refractivity contribution in [1.29, 1.82) is 0 Å². The van der Waals surface area contributed by atoms with Crippen molar-refractivity contribution < 1.29 is 14.3 Å². The first-order valence-corrected chi connectivity index (χ1v) is 10.2. The summed E-state index contributed by atoms with van der Waals surface area (Å²) in [6, 6.07) is 23.0. The van der Waals surface area contributed by atoms with Crippen molar-refractivity contribution >= 4 is 29.1 Å². The molecule has 1 aliphatic heterocycles. The highest BCUT2D eigenvalue weighted by Gasteiger charge is 2.28. The van der Waals surface area contributed by atoms with Crippen LogP contribution in [0.4, 0.5) is 21.9 Å². The molecule has 0 saturated carbocycles. The van der Waals surface area contributed by atoms with E-state index in [1.807, 2.05) is 55.5 Å². The van der Waals surface area contributed by atoms with Crippen molar-refractivity contribution in [2.24, 2.45) is 0 Å². The lowest BCUT2D eigenvalue weighted by Gasteiger charge is -2.38. The first-order chi connectivity index (χ1) is 15.0. The van der Waals surface area contributed by atoms with Crippen molar-refractivity contribution in [3.63, 3.8) is 0 Å². The third kappa shape index (κ3) is 4.53. The predicted octanol–water partition coefficient (Wildman–Crippen LogP) is 4.84. The number of anilines is 3. The first-order valence-electron chi connectivity index (χ1n) is 10.2. The Kier molecular flexibility index (Phi) is 5.89. The van der Waals surface area contributed by atoms with Crippen LogP contribution in [0.2, 0.25) is 0 Å². The minimum Gasteiger partial charge on any atom is -0.465 e. The molecule has 0 aromatic heterocycles. The van der Waals surface area contributed by atoms with Crippen LogP contribution in [0.25, 0.3) is 0 Å². The zero-order chi connectivity index (χ0) is 21.8. The second-order valence-electron chi connectivity index (χ2n) is 7.55. The molecule has 158 valence electrons. The summed E-state index contributed by atoms with van der Waals surface area (Å²) in [5.74, 6) is -0.399. The van der Waals surface area contributed by atoms with Gasteiger partial charge in [-0.05, 0) is 42.8 Å². The average molecular weight is 415 g/mol. The molecule has 4 rings (SSSR count). The number of esters is 1. The van der Waals surface area contributed by atoms with Gasteiger partial charge in [0.1, 0.15) is 0 Å². The van der Waals surface area contributed by atoms with E-state index in [2.05, 4.69) is 22.3 Å². The molecule has 6 nitrogen and oxygen atoms in total. The number of aryl methyl sites for hydroxylation is 1. The van der Waals surface area contributed by atoms with Crippen molar-refractivity contribution in [2.45, 2.75) is 13.5 Å². The molecule has 0 unspecified atom stereocenters. The minimum absolute atomic E-state index is 0.199. The highest BCUT2D eigenvalue weighted by atomic mass is 16.5. The molecule has 6 heteroatoms. The number of amides is 2. The molecule has 1 heterocycles. The molecule has 0 spiro atoms. The lowest BCUT2D eigenvalue weighted by atomic mass is 10.1. The molecule has 2 amide bonds. The predicted molar refractivity (Wildman–Crippen MR) is 123 cm³/mol. The number of methoxy groups -OCH3 is 1. The van der Waals surface area contributed by atoms with Gasteiger partial charge in [0.05, 0.1) is 24.0 Å². The molecule has 0 saturated heterocycles. The standard InChI is InChI=1S/C25H25N3O3/c1-18-8-11-21(12-9-18)26-25(30)28-15-14-27(17-19-6-4-3-5-7-19)23-16-20(24(29)31-2)10-13-22(23)28/h3-13,16H,14-15,17H2,1-2H3,(H,26,30). The van der Waals surface area contributed by atoms with E-state index in [-0.39, 0.29) is 6.03 Å². The Bertz CT molecular complexity index is 1080. The van der Waals surface area contributed by atoms with Crippen molar-refractivity contribution in [3.05, 3.63) is 89.5 Å². The highest BCUT2D eigenvalue weighted by Crippen LogP contribution is 2.35. The number of hydrogen-bond acceptors (Lipinski definition) is 4. The zero-order valence-electron chi connectivity index (χ0n) is 17.7. The second-order valence-corrected chi connectivity index (χ2v) is 7.55. The average Bonchev–Trinajstić information content (AvgIpc) is 2.80. The van der Waals surface area contributed by atoms with E-state index in [0.29, 0.717) is 25.2 Å². The molecule has 0 fully saturated rings. The minimum atomic E-state index is -0.399. The normalized spacial score (nSPS) is 12.8. The number of nitrogens with zero attached hydrogens (tertiary/aromatic N) is 2. The Balaban J connectivity index is 1.64. The number of ether oxygens (including phenoxy) is 1. The van der Waals surface area contributed by atoms with Gasteiger partial charge in [0.25, 0.3) is 0 Å². The van der Waals surface area contributed by atoms with Crippen LogP contribution in [0, 0.1) is 6.92 Å². The maximum absolute atomic E-state index is 13.1.